The zero-order valence-electron chi connectivity index (χ0n) is 13.3. The Morgan fingerprint density at radius 2 is 1.44 bits per heavy atom. The lowest BCUT2D eigenvalue weighted by atomic mass is 10.1. The molecule has 0 aliphatic carbocycles. The van der Waals surface area contributed by atoms with Crippen molar-refractivity contribution in [1.29, 1.82) is 0 Å². The molecule has 0 radical (unpaired) electrons. The second kappa shape index (κ2) is 6.52. The van der Waals surface area contributed by atoms with E-state index < -0.39 is 9.85 Å². The van der Waals surface area contributed by atoms with Crippen molar-refractivity contribution in [3.05, 3.63) is 86.1 Å². The molecule has 0 bridgehead atoms. The van der Waals surface area contributed by atoms with E-state index in [-0.39, 0.29) is 11.4 Å². The van der Waals surface area contributed by atoms with Gasteiger partial charge >= 0.3 is 0 Å². The predicted molar refractivity (Wildman–Crippen MR) is 91.2 cm³/mol. The van der Waals surface area contributed by atoms with Crippen LogP contribution in [0.2, 0.25) is 0 Å². The highest BCUT2D eigenvalue weighted by atomic mass is 16.6. The number of hydrogen-bond acceptors (Lipinski definition) is 5. The van der Waals surface area contributed by atoms with Gasteiger partial charge in [0.2, 0.25) is 0 Å². The van der Waals surface area contributed by atoms with Crippen LogP contribution < -0.4 is 0 Å². The minimum absolute atomic E-state index is 0.0331. The van der Waals surface area contributed by atoms with Crippen LogP contribution in [0.1, 0.15) is 11.3 Å². The van der Waals surface area contributed by atoms with E-state index in [0.717, 1.165) is 16.8 Å². The molecule has 3 aromatic rings. The number of nitro groups is 2. The average molecular weight is 338 g/mol. The number of rotatable bonds is 5. The third-order valence-electron chi connectivity index (χ3n) is 3.88. The zero-order chi connectivity index (χ0) is 18.0. The van der Waals surface area contributed by atoms with E-state index in [1.165, 1.54) is 24.3 Å². The predicted octanol–water partition coefficient (Wildman–Crippen LogP) is 3.49. The normalized spacial score (nSPS) is 10.6. The molecule has 0 N–H and O–H groups in total. The third-order valence-corrected chi connectivity index (χ3v) is 3.88. The summed E-state index contributed by atoms with van der Waals surface area (Å²) in [6.07, 6.45) is 0.578. The van der Waals surface area contributed by atoms with E-state index in [1.54, 1.807) is 28.9 Å². The fraction of sp³-hybridized carbons (Fsp3) is 0.118. The lowest BCUT2D eigenvalue weighted by Crippen LogP contribution is -1.99. The largest absolute Gasteiger partial charge is 0.272 e. The summed E-state index contributed by atoms with van der Waals surface area (Å²) >= 11 is 0. The number of aryl methyl sites for hydroxylation is 1. The second-order valence-electron chi connectivity index (χ2n) is 5.55. The molecule has 0 aliphatic rings. The topological polar surface area (TPSA) is 104 Å². The molecule has 0 saturated carbocycles. The Hall–Kier alpha value is -3.55. The van der Waals surface area contributed by atoms with Gasteiger partial charge in [0, 0.05) is 49.0 Å². The molecule has 0 atom stereocenters. The summed E-state index contributed by atoms with van der Waals surface area (Å²) in [5.41, 5.74) is 3.46. The molecule has 0 fully saturated rings. The van der Waals surface area contributed by atoms with Crippen LogP contribution in [0.5, 0.6) is 0 Å². The molecule has 1 heterocycles. The Kier molecular flexibility index (Phi) is 4.25. The van der Waals surface area contributed by atoms with Crippen molar-refractivity contribution in [1.82, 2.24) is 9.78 Å². The van der Waals surface area contributed by atoms with Gasteiger partial charge in [0.25, 0.3) is 11.4 Å². The van der Waals surface area contributed by atoms with E-state index in [9.17, 15) is 20.2 Å². The molecule has 3 rings (SSSR count). The van der Waals surface area contributed by atoms with Crippen LogP contribution in [0, 0.1) is 20.2 Å². The molecule has 25 heavy (non-hydrogen) atoms. The highest BCUT2D eigenvalue weighted by Crippen LogP contribution is 2.23. The van der Waals surface area contributed by atoms with Crippen molar-refractivity contribution in [3.8, 4) is 11.3 Å². The number of benzene rings is 2. The van der Waals surface area contributed by atoms with Crippen molar-refractivity contribution in [3.63, 3.8) is 0 Å². The summed E-state index contributed by atoms with van der Waals surface area (Å²) < 4.78 is 1.73. The molecule has 0 unspecified atom stereocenters. The zero-order valence-corrected chi connectivity index (χ0v) is 13.3. The highest BCUT2D eigenvalue weighted by Gasteiger charge is 2.11. The van der Waals surface area contributed by atoms with Gasteiger partial charge in [-0.3, -0.25) is 24.9 Å². The van der Waals surface area contributed by atoms with E-state index in [4.69, 9.17) is 0 Å². The molecule has 1 aromatic heterocycles. The first-order valence-corrected chi connectivity index (χ1v) is 7.45. The molecule has 0 saturated heterocycles. The summed E-state index contributed by atoms with van der Waals surface area (Å²) in [6, 6.07) is 14.5. The Balaban J connectivity index is 1.82. The third kappa shape index (κ3) is 3.52. The van der Waals surface area contributed by atoms with Crippen LogP contribution in [0.3, 0.4) is 0 Å². The smallest absolute Gasteiger partial charge is 0.269 e. The highest BCUT2D eigenvalue weighted by molar-refractivity contribution is 5.61. The van der Waals surface area contributed by atoms with Gasteiger partial charge < -0.3 is 0 Å². The fourth-order valence-corrected chi connectivity index (χ4v) is 2.51. The van der Waals surface area contributed by atoms with Crippen molar-refractivity contribution in [2.24, 2.45) is 7.05 Å². The number of nitro benzene ring substituents is 2. The van der Waals surface area contributed by atoms with Crippen LogP contribution in [0.25, 0.3) is 11.3 Å². The molecule has 2 aromatic carbocycles. The summed E-state index contributed by atoms with van der Waals surface area (Å²) in [4.78, 5) is 20.5. The van der Waals surface area contributed by atoms with Crippen LogP contribution in [-0.4, -0.2) is 19.6 Å². The maximum atomic E-state index is 10.7. The van der Waals surface area contributed by atoms with Crippen LogP contribution >= 0.6 is 0 Å². The first-order valence-electron chi connectivity index (χ1n) is 7.45. The minimum Gasteiger partial charge on any atom is -0.272 e. The van der Waals surface area contributed by atoms with Crippen molar-refractivity contribution < 1.29 is 9.85 Å². The number of nitrogens with zero attached hydrogens (tertiary/aromatic N) is 4. The number of non-ortho nitro benzene ring substituents is 2. The first-order chi connectivity index (χ1) is 11.9. The molecular weight excluding hydrogens is 324 g/mol. The lowest BCUT2D eigenvalue weighted by Gasteiger charge is -2.01. The molecule has 0 spiro atoms. The van der Waals surface area contributed by atoms with Gasteiger partial charge in [-0.2, -0.15) is 5.10 Å². The minimum atomic E-state index is -0.442. The summed E-state index contributed by atoms with van der Waals surface area (Å²) in [5.74, 6) is 0. The summed E-state index contributed by atoms with van der Waals surface area (Å²) in [6.45, 7) is 0. The van der Waals surface area contributed by atoms with Gasteiger partial charge in [0.05, 0.1) is 15.5 Å². The molecular formula is C17H14N4O4. The lowest BCUT2D eigenvalue weighted by molar-refractivity contribution is -0.385. The molecule has 8 nitrogen and oxygen atoms in total. The van der Waals surface area contributed by atoms with Gasteiger partial charge in [-0.15, -0.1) is 0 Å². The molecule has 0 aliphatic heterocycles. The Morgan fingerprint density at radius 1 is 0.920 bits per heavy atom. The second-order valence-corrected chi connectivity index (χ2v) is 5.55. The van der Waals surface area contributed by atoms with Crippen molar-refractivity contribution in [2.75, 3.05) is 0 Å². The number of hydrogen-bond donors (Lipinski definition) is 0. The van der Waals surface area contributed by atoms with E-state index in [0.29, 0.717) is 12.1 Å². The van der Waals surface area contributed by atoms with Gasteiger partial charge in [-0.25, -0.2) is 0 Å². The van der Waals surface area contributed by atoms with E-state index >= 15 is 0 Å². The van der Waals surface area contributed by atoms with Crippen molar-refractivity contribution >= 4 is 11.4 Å². The summed E-state index contributed by atoms with van der Waals surface area (Å²) in [7, 11) is 1.82. The first kappa shape index (κ1) is 16.3. The molecule has 126 valence electrons. The Morgan fingerprint density at radius 3 is 1.96 bits per heavy atom. The van der Waals surface area contributed by atoms with Gasteiger partial charge in [0.15, 0.2) is 0 Å². The monoisotopic (exact) mass is 338 g/mol. The average Bonchev–Trinajstić information content (AvgIpc) is 2.96. The van der Waals surface area contributed by atoms with E-state index in [2.05, 4.69) is 5.10 Å². The summed E-state index contributed by atoms with van der Waals surface area (Å²) in [5, 5.41) is 25.9. The fourth-order valence-electron chi connectivity index (χ4n) is 2.51. The van der Waals surface area contributed by atoms with Crippen LogP contribution in [0.15, 0.2) is 54.6 Å². The molecule has 8 heteroatoms. The SMILES string of the molecule is Cn1nc(-c2ccc([N+](=O)[O-])cc2)cc1Cc1ccc([N+](=O)[O-])cc1. The molecule has 0 amide bonds. The van der Waals surface area contributed by atoms with Gasteiger partial charge in [-0.1, -0.05) is 12.1 Å². The Labute approximate surface area is 142 Å². The van der Waals surface area contributed by atoms with Crippen molar-refractivity contribution in [2.45, 2.75) is 6.42 Å². The maximum absolute atomic E-state index is 10.7. The van der Waals surface area contributed by atoms with Crippen LogP contribution in [-0.2, 0) is 13.5 Å². The Bertz CT molecular complexity index is 930. The maximum Gasteiger partial charge on any atom is 0.269 e. The quantitative estimate of drug-likeness (QED) is 0.523. The number of aromatic nitrogens is 2. The van der Waals surface area contributed by atoms with Gasteiger partial charge in [-0.05, 0) is 23.8 Å². The standard InChI is InChI=1S/C17H14N4O4/c1-19-16(10-12-2-6-14(7-3-12)20(22)23)11-17(18-19)13-4-8-15(9-5-13)21(24)25/h2-9,11H,10H2,1H3. The van der Waals surface area contributed by atoms with E-state index in [1.807, 2.05) is 13.1 Å². The van der Waals surface area contributed by atoms with Crippen LogP contribution in [0.4, 0.5) is 11.4 Å². The van der Waals surface area contributed by atoms with Gasteiger partial charge in [0.1, 0.15) is 0 Å².